The van der Waals surface area contributed by atoms with Crippen LogP contribution in [0.4, 0.5) is 4.39 Å². The van der Waals surface area contributed by atoms with E-state index in [1.54, 1.807) is 13.8 Å². The highest BCUT2D eigenvalue weighted by molar-refractivity contribution is 7.89. The third kappa shape index (κ3) is 4.16. The van der Waals surface area contributed by atoms with Gasteiger partial charge in [0.1, 0.15) is 17.3 Å². The van der Waals surface area contributed by atoms with Gasteiger partial charge in [0.15, 0.2) is 0 Å². The minimum atomic E-state index is -4.22. The number of sulfonamides is 1. The second-order valence-electron chi connectivity index (χ2n) is 4.66. The molecule has 0 fully saturated rings. The second-order valence-corrected chi connectivity index (χ2v) is 7.00. The number of carbonyl (C=O) groups is 1. The molecule has 0 amide bonds. The zero-order valence-electron chi connectivity index (χ0n) is 11.0. The van der Waals surface area contributed by atoms with Crippen molar-refractivity contribution in [2.45, 2.75) is 18.7 Å². The lowest BCUT2D eigenvalue weighted by atomic mass is 10.2. The molecule has 112 valence electrons. The summed E-state index contributed by atoms with van der Waals surface area (Å²) in [5.74, 6) is -2.40. The van der Waals surface area contributed by atoms with E-state index in [2.05, 4.69) is 0 Å². The Kier molecular flexibility index (Phi) is 5.50. The Balaban J connectivity index is 3.24. The lowest BCUT2D eigenvalue weighted by Gasteiger charge is -2.22. The maximum Gasteiger partial charge on any atom is 0.318 e. The molecule has 8 heteroatoms. The van der Waals surface area contributed by atoms with Crippen LogP contribution in [-0.4, -0.2) is 36.9 Å². The molecule has 5 nitrogen and oxygen atoms in total. The van der Waals surface area contributed by atoms with Crippen LogP contribution in [0.1, 0.15) is 13.8 Å². The van der Waals surface area contributed by atoms with Crippen molar-refractivity contribution in [3.8, 4) is 0 Å². The van der Waals surface area contributed by atoms with Crippen molar-refractivity contribution in [3.63, 3.8) is 0 Å². The number of aliphatic carboxylic acids is 1. The van der Waals surface area contributed by atoms with Gasteiger partial charge in [-0.2, -0.15) is 4.31 Å². The van der Waals surface area contributed by atoms with Crippen LogP contribution in [0.15, 0.2) is 23.1 Å². The van der Waals surface area contributed by atoms with E-state index in [0.717, 1.165) is 16.4 Å². The molecule has 0 aliphatic rings. The van der Waals surface area contributed by atoms with Crippen LogP contribution in [-0.2, 0) is 14.8 Å². The first-order valence-electron chi connectivity index (χ1n) is 5.81. The molecule has 0 aliphatic carbocycles. The molecule has 0 saturated carbocycles. The molecule has 0 bridgehead atoms. The number of rotatable bonds is 6. The quantitative estimate of drug-likeness (QED) is 0.871. The highest BCUT2D eigenvalue weighted by atomic mass is 35.5. The standard InChI is InChI=1S/C12H15ClFNO4S/c1-8(2)6-15(7-12(16)17)20(18,19)11-4-3-9(13)5-10(11)14/h3-5,8H,6-7H2,1-2H3,(H,16,17). The summed E-state index contributed by atoms with van der Waals surface area (Å²) in [6.45, 7) is 2.74. The fourth-order valence-electron chi connectivity index (χ4n) is 1.63. The van der Waals surface area contributed by atoms with Gasteiger partial charge < -0.3 is 5.11 Å². The first-order valence-corrected chi connectivity index (χ1v) is 7.63. The molecule has 0 radical (unpaired) electrons. The second kappa shape index (κ2) is 6.51. The number of carboxylic acids is 1. The van der Waals surface area contributed by atoms with Gasteiger partial charge in [0, 0.05) is 11.6 Å². The van der Waals surface area contributed by atoms with Gasteiger partial charge in [-0.3, -0.25) is 4.79 Å². The summed E-state index contributed by atoms with van der Waals surface area (Å²) in [5, 5.41) is 8.86. The van der Waals surface area contributed by atoms with E-state index in [1.165, 1.54) is 6.07 Å². The number of benzene rings is 1. The third-order valence-corrected chi connectivity index (χ3v) is 4.47. The summed E-state index contributed by atoms with van der Waals surface area (Å²) in [6, 6.07) is 3.15. The van der Waals surface area contributed by atoms with E-state index in [1.807, 2.05) is 0 Å². The molecule has 1 aromatic carbocycles. The van der Waals surface area contributed by atoms with Gasteiger partial charge in [-0.25, -0.2) is 12.8 Å². The Morgan fingerprint density at radius 1 is 1.45 bits per heavy atom. The molecule has 1 aromatic rings. The first-order chi connectivity index (χ1) is 9.14. The molecule has 0 unspecified atom stereocenters. The molecule has 1 rings (SSSR count). The Morgan fingerprint density at radius 2 is 2.05 bits per heavy atom. The first kappa shape index (κ1) is 16.9. The predicted molar refractivity (Wildman–Crippen MR) is 72.6 cm³/mol. The van der Waals surface area contributed by atoms with Crippen LogP contribution < -0.4 is 0 Å². The van der Waals surface area contributed by atoms with E-state index in [0.29, 0.717) is 0 Å². The summed E-state index contributed by atoms with van der Waals surface area (Å²) < 4.78 is 39.1. The SMILES string of the molecule is CC(C)CN(CC(=O)O)S(=O)(=O)c1ccc(Cl)cc1F. The monoisotopic (exact) mass is 323 g/mol. The van der Waals surface area contributed by atoms with Crippen LogP contribution in [0, 0.1) is 11.7 Å². The van der Waals surface area contributed by atoms with Gasteiger partial charge in [0.2, 0.25) is 10.0 Å². The normalized spacial score (nSPS) is 12.1. The van der Waals surface area contributed by atoms with Crippen molar-refractivity contribution in [1.82, 2.24) is 4.31 Å². The Labute approximate surface area is 122 Å². The average molecular weight is 324 g/mol. The summed E-state index contributed by atoms with van der Waals surface area (Å²) in [6.07, 6.45) is 0. The van der Waals surface area contributed by atoms with Crippen molar-refractivity contribution in [1.29, 1.82) is 0 Å². The predicted octanol–water partition coefficient (Wildman–Crippen LogP) is 2.21. The molecule has 0 spiro atoms. The van der Waals surface area contributed by atoms with Crippen LogP contribution in [0.5, 0.6) is 0 Å². The van der Waals surface area contributed by atoms with Crippen molar-refractivity contribution in [2.24, 2.45) is 5.92 Å². The van der Waals surface area contributed by atoms with Crippen LogP contribution in [0.3, 0.4) is 0 Å². The number of halogens is 2. The van der Waals surface area contributed by atoms with Gasteiger partial charge in [-0.15, -0.1) is 0 Å². The van der Waals surface area contributed by atoms with E-state index in [4.69, 9.17) is 16.7 Å². The number of nitrogens with zero attached hydrogens (tertiary/aromatic N) is 1. The van der Waals surface area contributed by atoms with Gasteiger partial charge >= 0.3 is 5.97 Å². The minimum Gasteiger partial charge on any atom is -0.480 e. The highest BCUT2D eigenvalue weighted by Gasteiger charge is 2.29. The summed E-state index contributed by atoms with van der Waals surface area (Å²) >= 11 is 5.57. The van der Waals surface area contributed by atoms with Crippen molar-refractivity contribution in [2.75, 3.05) is 13.1 Å². The highest BCUT2D eigenvalue weighted by Crippen LogP contribution is 2.23. The topological polar surface area (TPSA) is 74.7 Å². The Morgan fingerprint density at radius 3 is 2.50 bits per heavy atom. The molecule has 0 saturated heterocycles. The maximum atomic E-state index is 13.7. The number of carboxylic acid groups (broad SMARTS) is 1. The molecular formula is C12H15ClFNO4S. The number of hydrogen-bond donors (Lipinski definition) is 1. The van der Waals surface area contributed by atoms with Crippen molar-refractivity contribution >= 4 is 27.6 Å². The zero-order chi connectivity index (χ0) is 15.5. The van der Waals surface area contributed by atoms with E-state index in [-0.39, 0.29) is 17.5 Å². The maximum absolute atomic E-state index is 13.7. The zero-order valence-corrected chi connectivity index (χ0v) is 12.6. The molecule has 0 atom stereocenters. The van der Waals surface area contributed by atoms with Gasteiger partial charge in [0.05, 0.1) is 0 Å². The third-order valence-electron chi connectivity index (χ3n) is 2.39. The van der Waals surface area contributed by atoms with Crippen LogP contribution in [0.2, 0.25) is 5.02 Å². The van der Waals surface area contributed by atoms with Crippen molar-refractivity contribution in [3.05, 3.63) is 29.0 Å². The minimum absolute atomic E-state index is 0.0172. The summed E-state index contributed by atoms with van der Waals surface area (Å²) in [4.78, 5) is 10.2. The fourth-order valence-corrected chi connectivity index (χ4v) is 3.39. The molecule has 1 N–H and O–H groups in total. The van der Waals surface area contributed by atoms with E-state index >= 15 is 0 Å². The van der Waals surface area contributed by atoms with E-state index in [9.17, 15) is 17.6 Å². The molecular weight excluding hydrogens is 309 g/mol. The summed E-state index contributed by atoms with van der Waals surface area (Å²) in [5.41, 5.74) is 0. The van der Waals surface area contributed by atoms with Crippen molar-refractivity contribution < 1.29 is 22.7 Å². The fraction of sp³-hybridized carbons (Fsp3) is 0.417. The summed E-state index contributed by atoms with van der Waals surface area (Å²) in [7, 11) is -4.22. The molecule has 0 heterocycles. The van der Waals surface area contributed by atoms with Gasteiger partial charge in [0.25, 0.3) is 0 Å². The van der Waals surface area contributed by atoms with Gasteiger partial charge in [-0.1, -0.05) is 25.4 Å². The molecule has 0 aliphatic heterocycles. The van der Waals surface area contributed by atoms with E-state index < -0.39 is 33.3 Å². The lowest BCUT2D eigenvalue weighted by Crippen LogP contribution is -2.38. The molecule has 20 heavy (non-hydrogen) atoms. The Hall–Kier alpha value is -1.18. The molecule has 0 aromatic heterocycles. The largest absolute Gasteiger partial charge is 0.480 e. The smallest absolute Gasteiger partial charge is 0.318 e. The Bertz CT molecular complexity index is 603. The van der Waals surface area contributed by atoms with Crippen LogP contribution in [0.25, 0.3) is 0 Å². The van der Waals surface area contributed by atoms with Crippen LogP contribution >= 0.6 is 11.6 Å². The lowest BCUT2D eigenvalue weighted by molar-refractivity contribution is -0.137. The van der Waals surface area contributed by atoms with Gasteiger partial charge in [-0.05, 0) is 24.1 Å². The number of hydrogen-bond acceptors (Lipinski definition) is 3. The average Bonchev–Trinajstić information content (AvgIpc) is 2.26.